The Labute approximate surface area is 235 Å². The third kappa shape index (κ3) is 5.12. The number of nitrogens with two attached hydrogens (primary N) is 1. The summed E-state index contributed by atoms with van der Waals surface area (Å²) in [4.78, 5) is 26.7. The molecule has 10 nitrogen and oxygen atoms in total. The van der Waals surface area contributed by atoms with Gasteiger partial charge in [-0.25, -0.2) is 28.2 Å². The van der Waals surface area contributed by atoms with E-state index in [1.54, 1.807) is 24.5 Å². The standard InChI is InChI=1S/C29H37N5O5S/c1-7-28(5,30)21-16-32-25(38-17(2)10-13-40(6,36)37)20-15-31-23(14-19(20)21)33-22-9-8-18-24(34-22)29(11-12-29)27(3,4)39-26(18)35/h8-9,14-17H,7,10-13,30H2,1-6H3,(H,31,33,34)/t17-,28+/m0/s1. The summed E-state index contributed by atoms with van der Waals surface area (Å²) in [7, 11) is -3.11. The molecule has 11 heteroatoms. The maximum Gasteiger partial charge on any atom is 0.340 e. The minimum Gasteiger partial charge on any atom is -0.474 e. The number of ether oxygens (including phenoxy) is 2. The Morgan fingerprint density at radius 1 is 1.18 bits per heavy atom. The van der Waals surface area contributed by atoms with Gasteiger partial charge in [0.15, 0.2) is 0 Å². The third-order valence-electron chi connectivity index (χ3n) is 8.37. The minimum atomic E-state index is -3.11. The summed E-state index contributed by atoms with van der Waals surface area (Å²) in [5.74, 6) is 1.18. The van der Waals surface area contributed by atoms with Crippen LogP contribution in [0.2, 0.25) is 0 Å². The van der Waals surface area contributed by atoms with Crippen molar-refractivity contribution in [2.75, 3.05) is 17.3 Å². The molecule has 0 saturated heterocycles. The lowest BCUT2D eigenvalue weighted by atomic mass is 9.80. The third-order valence-corrected chi connectivity index (χ3v) is 9.35. The molecule has 0 radical (unpaired) electrons. The Morgan fingerprint density at radius 2 is 1.90 bits per heavy atom. The summed E-state index contributed by atoms with van der Waals surface area (Å²) < 4.78 is 35.0. The van der Waals surface area contributed by atoms with Gasteiger partial charge in [-0.1, -0.05) is 6.92 Å². The Balaban J connectivity index is 1.50. The molecule has 0 bridgehead atoms. The number of esters is 1. The minimum absolute atomic E-state index is 0.0250. The van der Waals surface area contributed by atoms with Gasteiger partial charge < -0.3 is 20.5 Å². The topological polar surface area (TPSA) is 146 Å². The van der Waals surface area contributed by atoms with E-state index in [4.69, 9.17) is 20.2 Å². The quantitative estimate of drug-likeness (QED) is 0.353. The van der Waals surface area contributed by atoms with Gasteiger partial charge in [-0.2, -0.15) is 0 Å². The summed E-state index contributed by atoms with van der Waals surface area (Å²) in [6.45, 7) is 9.68. The number of sulfone groups is 1. The molecule has 2 atom stereocenters. The van der Waals surface area contributed by atoms with Crippen molar-refractivity contribution in [1.82, 2.24) is 15.0 Å². The monoisotopic (exact) mass is 567 g/mol. The highest BCUT2D eigenvalue weighted by Gasteiger charge is 2.63. The molecule has 0 aromatic carbocycles. The maximum atomic E-state index is 12.6. The van der Waals surface area contributed by atoms with Gasteiger partial charge >= 0.3 is 5.97 Å². The number of carbonyl (C=O) groups excluding carboxylic acids is 1. The van der Waals surface area contributed by atoms with Crippen LogP contribution in [0.15, 0.2) is 30.6 Å². The van der Waals surface area contributed by atoms with Crippen LogP contribution in [0.1, 0.15) is 81.9 Å². The van der Waals surface area contributed by atoms with Crippen molar-refractivity contribution in [2.45, 2.75) is 83.0 Å². The molecular weight excluding hydrogens is 530 g/mol. The fourth-order valence-corrected chi connectivity index (χ4v) is 6.13. The molecule has 1 fully saturated rings. The van der Waals surface area contributed by atoms with Gasteiger partial charge in [0, 0.05) is 24.2 Å². The molecular formula is C29H37N5O5S. The van der Waals surface area contributed by atoms with E-state index in [0.29, 0.717) is 41.3 Å². The summed E-state index contributed by atoms with van der Waals surface area (Å²) in [6, 6.07) is 5.41. The molecule has 2 aliphatic rings. The van der Waals surface area contributed by atoms with Gasteiger partial charge in [-0.15, -0.1) is 0 Å². The molecule has 40 heavy (non-hydrogen) atoms. The van der Waals surface area contributed by atoms with E-state index in [0.717, 1.165) is 29.5 Å². The lowest BCUT2D eigenvalue weighted by molar-refractivity contribution is -0.0285. The molecule has 5 rings (SSSR count). The number of carbonyl (C=O) groups is 1. The van der Waals surface area contributed by atoms with E-state index in [1.807, 2.05) is 40.7 Å². The van der Waals surface area contributed by atoms with Crippen molar-refractivity contribution in [1.29, 1.82) is 0 Å². The van der Waals surface area contributed by atoms with Gasteiger partial charge in [0.1, 0.15) is 27.1 Å². The first-order chi connectivity index (χ1) is 18.7. The van der Waals surface area contributed by atoms with E-state index in [9.17, 15) is 13.2 Å². The van der Waals surface area contributed by atoms with Gasteiger partial charge in [0.25, 0.3) is 0 Å². The largest absolute Gasteiger partial charge is 0.474 e. The fraction of sp³-hybridized carbons (Fsp3) is 0.517. The van der Waals surface area contributed by atoms with E-state index in [2.05, 4.69) is 15.3 Å². The average Bonchev–Trinajstić information content (AvgIpc) is 3.69. The lowest BCUT2D eigenvalue weighted by Crippen LogP contribution is -2.46. The highest BCUT2D eigenvalue weighted by Crippen LogP contribution is 2.59. The second-order valence-electron chi connectivity index (χ2n) is 11.9. The van der Waals surface area contributed by atoms with Crippen molar-refractivity contribution in [2.24, 2.45) is 5.73 Å². The number of cyclic esters (lactones) is 1. The molecule has 1 aliphatic heterocycles. The van der Waals surface area contributed by atoms with Gasteiger partial charge in [-0.3, -0.25) is 0 Å². The summed E-state index contributed by atoms with van der Waals surface area (Å²) in [5, 5.41) is 4.81. The first kappa shape index (κ1) is 28.2. The second kappa shape index (κ2) is 9.66. The lowest BCUT2D eigenvalue weighted by Gasteiger charge is -2.39. The molecule has 1 aliphatic carbocycles. The highest BCUT2D eigenvalue weighted by molar-refractivity contribution is 7.90. The summed E-state index contributed by atoms with van der Waals surface area (Å²) >= 11 is 0. The fourth-order valence-electron chi connectivity index (χ4n) is 5.37. The molecule has 0 amide bonds. The Bertz CT molecular complexity index is 1600. The first-order valence-corrected chi connectivity index (χ1v) is 15.7. The van der Waals surface area contributed by atoms with Crippen LogP contribution < -0.4 is 15.8 Å². The number of pyridine rings is 3. The normalized spacial score (nSPS) is 19.4. The van der Waals surface area contributed by atoms with Crippen LogP contribution in [0, 0.1) is 0 Å². The van der Waals surface area contributed by atoms with E-state index >= 15 is 0 Å². The van der Waals surface area contributed by atoms with Crippen LogP contribution >= 0.6 is 0 Å². The Hall–Kier alpha value is -3.31. The van der Waals surface area contributed by atoms with E-state index in [-0.39, 0.29) is 23.2 Å². The number of hydrogen-bond acceptors (Lipinski definition) is 10. The van der Waals surface area contributed by atoms with E-state index in [1.165, 1.54) is 6.26 Å². The maximum absolute atomic E-state index is 12.6. The zero-order chi connectivity index (χ0) is 29.1. The van der Waals surface area contributed by atoms with Crippen LogP contribution in [0.3, 0.4) is 0 Å². The molecule has 3 aromatic heterocycles. The number of fused-ring (bicyclic) bond motifs is 3. The van der Waals surface area contributed by atoms with E-state index < -0.39 is 21.0 Å². The van der Waals surface area contributed by atoms with Crippen LogP contribution in [-0.2, 0) is 25.5 Å². The summed E-state index contributed by atoms with van der Waals surface area (Å²) in [6.07, 6.45) is 7.10. The smallest absolute Gasteiger partial charge is 0.340 e. The van der Waals surface area contributed by atoms with Gasteiger partial charge in [0.2, 0.25) is 5.88 Å². The Kier molecular flexibility index (Phi) is 6.81. The van der Waals surface area contributed by atoms with Crippen molar-refractivity contribution in [3.8, 4) is 5.88 Å². The van der Waals surface area contributed by atoms with Gasteiger partial charge in [-0.05, 0) is 82.5 Å². The number of rotatable bonds is 9. The van der Waals surface area contributed by atoms with Crippen LogP contribution in [0.5, 0.6) is 5.88 Å². The van der Waals surface area contributed by atoms with Crippen LogP contribution in [0.4, 0.5) is 11.6 Å². The number of hydrogen-bond donors (Lipinski definition) is 2. The number of anilines is 2. The van der Waals surface area contributed by atoms with Crippen molar-refractivity contribution >= 4 is 38.2 Å². The molecule has 3 aromatic rings. The molecule has 3 N–H and O–H groups in total. The van der Waals surface area contributed by atoms with Crippen LogP contribution in [0.25, 0.3) is 10.8 Å². The van der Waals surface area contributed by atoms with Crippen molar-refractivity contribution < 1.29 is 22.7 Å². The molecule has 4 heterocycles. The number of nitrogens with zero attached hydrogens (tertiary/aromatic N) is 3. The van der Waals surface area contributed by atoms with Gasteiger partial charge in [0.05, 0.1) is 33.9 Å². The average molecular weight is 568 g/mol. The molecule has 0 unspecified atom stereocenters. The van der Waals surface area contributed by atoms with Crippen molar-refractivity contribution in [3.05, 3.63) is 47.4 Å². The molecule has 1 spiro atoms. The predicted molar refractivity (Wildman–Crippen MR) is 154 cm³/mol. The summed E-state index contributed by atoms with van der Waals surface area (Å²) in [5.41, 5.74) is 7.23. The van der Waals surface area contributed by atoms with Crippen LogP contribution in [-0.4, -0.2) is 53.1 Å². The zero-order valence-corrected chi connectivity index (χ0v) is 24.7. The Morgan fingerprint density at radius 3 is 2.55 bits per heavy atom. The first-order valence-electron chi connectivity index (χ1n) is 13.6. The van der Waals surface area contributed by atoms with Crippen molar-refractivity contribution in [3.63, 3.8) is 0 Å². The zero-order valence-electron chi connectivity index (χ0n) is 23.9. The predicted octanol–water partition coefficient (Wildman–Crippen LogP) is 4.53. The number of nitrogens with one attached hydrogen (secondary N) is 1. The highest BCUT2D eigenvalue weighted by atomic mass is 32.2. The second-order valence-corrected chi connectivity index (χ2v) is 14.2. The molecule has 1 saturated carbocycles. The molecule has 214 valence electrons. The number of aromatic nitrogens is 3. The SMILES string of the molecule is CC[C@@](C)(N)c1cnc(O[C@@H](C)CCS(C)(=O)=O)c2cnc(Nc3ccc4c(n3)C3(CC3)C(C)(C)OC4=O)cc12.